The van der Waals surface area contributed by atoms with Gasteiger partial charge in [0, 0.05) is 16.5 Å². The van der Waals surface area contributed by atoms with Crippen molar-refractivity contribution in [2.75, 3.05) is 0 Å². The van der Waals surface area contributed by atoms with Gasteiger partial charge in [-0.05, 0) is 122 Å². The van der Waals surface area contributed by atoms with Crippen molar-refractivity contribution in [3.8, 4) is 11.5 Å². The van der Waals surface area contributed by atoms with E-state index in [0.29, 0.717) is 29.5 Å². The van der Waals surface area contributed by atoms with Crippen LogP contribution in [0.4, 0.5) is 0 Å². The van der Waals surface area contributed by atoms with E-state index >= 15 is 0 Å². The highest BCUT2D eigenvalue weighted by atomic mass is 16.6. The second-order valence-corrected chi connectivity index (χ2v) is 21.2. The molecular weight excluding hydrogens is 650 g/mol. The van der Waals surface area contributed by atoms with Gasteiger partial charge in [-0.15, -0.1) is 0 Å². The number of esters is 1. The molecule has 0 bridgehead atoms. The molecule has 7 nitrogen and oxygen atoms in total. The number of piperidine rings is 1. The molecule has 2 N–H and O–H groups in total. The predicted molar refractivity (Wildman–Crippen MR) is 210 cm³/mol. The lowest BCUT2D eigenvalue weighted by Crippen LogP contribution is -2.67. The molecule has 0 aromatic heterocycles. The second kappa shape index (κ2) is 13.7. The first kappa shape index (κ1) is 43.3. The molecule has 292 valence electrons. The summed E-state index contributed by atoms with van der Waals surface area (Å²) in [7, 11) is 0. The van der Waals surface area contributed by atoms with Crippen LogP contribution in [-0.4, -0.2) is 44.4 Å². The molecule has 1 aliphatic rings. The van der Waals surface area contributed by atoms with Crippen LogP contribution >= 0.6 is 0 Å². The third kappa shape index (κ3) is 8.35. The third-order valence-electron chi connectivity index (χ3n) is 11.6. The standard InChI is InChI=1S/C45H71NO6/c1-26(28-20-31(39(3,4)5)35(47)32(21-28)40(6,7)8)37(49)52-27(2)46-43(15,16)24-30(25-44(46,17)18)45(19,38(50)51)29-22-33(41(9,10)11)36(48)34(23-29)42(12,13)14/h20-23,26-27,30,47-48H,24-25H2,1-19H3,(H,50,51)/p-1. The highest BCUT2D eigenvalue weighted by molar-refractivity contribution is 5.80. The largest absolute Gasteiger partial charge is 0.549 e. The summed E-state index contributed by atoms with van der Waals surface area (Å²) in [6.07, 6.45) is 0.415. The molecule has 52 heavy (non-hydrogen) atoms. The smallest absolute Gasteiger partial charge is 0.314 e. The number of phenols is 2. The number of aromatic hydroxyl groups is 2. The zero-order valence-corrected chi connectivity index (χ0v) is 35.9. The van der Waals surface area contributed by atoms with Gasteiger partial charge in [0.1, 0.15) is 11.5 Å². The SMILES string of the molecule is CC(C(=O)OC(C)N1C(C)(C)CC(C(C)(C(=O)[O-])c2cc(C(C)(C)C)c(O)c(C(C)(C)C)c2)CC1(C)C)c1cc(C(C)(C)C)c(O)c(C(C)(C)C)c1. The number of ether oxygens (including phenoxy) is 1. The monoisotopic (exact) mass is 721 g/mol. The summed E-state index contributed by atoms with van der Waals surface area (Å²) in [6, 6.07) is 7.61. The Bertz CT molecular complexity index is 1590. The zero-order valence-electron chi connectivity index (χ0n) is 35.9. The summed E-state index contributed by atoms with van der Waals surface area (Å²) in [5, 5.41) is 36.1. The summed E-state index contributed by atoms with van der Waals surface area (Å²) in [5.41, 5.74) is 0.426. The van der Waals surface area contributed by atoms with E-state index in [2.05, 4.69) is 74.1 Å². The fraction of sp³-hybridized carbons (Fsp3) is 0.689. The first-order valence-electron chi connectivity index (χ1n) is 19.1. The highest BCUT2D eigenvalue weighted by Gasteiger charge is 2.54. The Kier molecular flexibility index (Phi) is 11.4. The third-order valence-corrected chi connectivity index (χ3v) is 11.6. The molecule has 1 fully saturated rings. The Labute approximate surface area is 315 Å². The maximum Gasteiger partial charge on any atom is 0.314 e. The highest BCUT2D eigenvalue weighted by Crippen LogP contribution is 2.52. The van der Waals surface area contributed by atoms with E-state index in [1.54, 1.807) is 6.92 Å². The molecule has 0 aliphatic carbocycles. The average Bonchev–Trinajstić information content (AvgIpc) is 2.92. The fourth-order valence-corrected chi connectivity index (χ4v) is 8.79. The molecule has 1 aliphatic heterocycles. The zero-order chi connectivity index (χ0) is 40.5. The van der Waals surface area contributed by atoms with E-state index in [0.717, 1.165) is 16.7 Å². The number of carboxylic acids is 1. The molecule has 2 aromatic carbocycles. The normalized spacial score (nSPS) is 19.8. The number of aliphatic carboxylic acids is 1. The van der Waals surface area contributed by atoms with E-state index in [9.17, 15) is 24.9 Å². The van der Waals surface area contributed by atoms with Crippen molar-refractivity contribution in [3.63, 3.8) is 0 Å². The molecule has 0 radical (unpaired) electrons. The van der Waals surface area contributed by atoms with Crippen LogP contribution in [0, 0.1) is 5.92 Å². The number of nitrogens with zero attached hydrogens (tertiary/aromatic N) is 1. The first-order chi connectivity index (χ1) is 23.1. The Hall–Kier alpha value is -3.06. The number of hydrogen-bond donors (Lipinski definition) is 2. The summed E-state index contributed by atoms with van der Waals surface area (Å²) in [5.74, 6) is -1.94. The van der Waals surface area contributed by atoms with Gasteiger partial charge in [0.2, 0.25) is 0 Å². The molecule has 3 rings (SSSR count). The van der Waals surface area contributed by atoms with Crippen molar-refractivity contribution in [1.82, 2.24) is 4.90 Å². The predicted octanol–water partition coefficient (Wildman–Crippen LogP) is 9.26. The van der Waals surface area contributed by atoms with Crippen LogP contribution in [0.25, 0.3) is 0 Å². The molecule has 1 heterocycles. The van der Waals surface area contributed by atoms with Crippen molar-refractivity contribution < 1.29 is 29.6 Å². The molecule has 0 saturated carbocycles. The summed E-state index contributed by atoms with van der Waals surface area (Å²) in [4.78, 5) is 29.6. The quantitative estimate of drug-likeness (QED) is 0.275. The summed E-state index contributed by atoms with van der Waals surface area (Å²) < 4.78 is 6.30. The lowest BCUT2D eigenvalue weighted by Gasteiger charge is -2.60. The van der Waals surface area contributed by atoms with Crippen molar-refractivity contribution in [2.24, 2.45) is 5.92 Å². The van der Waals surface area contributed by atoms with Crippen LogP contribution in [-0.2, 0) is 41.4 Å². The van der Waals surface area contributed by atoms with E-state index in [-0.39, 0.29) is 34.2 Å². The van der Waals surface area contributed by atoms with Gasteiger partial charge in [0.05, 0.1) is 11.9 Å². The van der Waals surface area contributed by atoms with Crippen molar-refractivity contribution in [2.45, 2.75) is 195 Å². The molecule has 0 spiro atoms. The number of likely N-dealkylation sites (tertiary alicyclic amines) is 1. The van der Waals surface area contributed by atoms with Crippen LogP contribution < -0.4 is 5.11 Å². The lowest BCUT2D eigenvalue weighted by atomic mass is 9.60. The van der Waals surface area contributed by atoms with Gasteiger partial charge in [-0.25, -0.2) is 0 Å². The maximum absolute atomic E-state index is 14.0. The van der Waals surface area contributed by atoms with Gasteiger partial charge in [-0.3, -0.25) is 9.69 Å². The minimum atomic E-state index is -1.36. The van der Waals surface area contributed by atoms with Crippen LogP contribution in [0.15, 0.2) is 24.3 Å². The molecule has 0 amide bonds. The van der Waals surface area contributed by atoms with Gasteiger partial charge in [0.25, 0.3) is 0 Å². The van der Waals surface area contributed by atoms with Gasteiger partial charge in [0.15, 0.2) is 6.23 Å². The fourth-order valence-electron chi connectivity index (χ4n) is 8.79. The van der Waals surface area contributed by atoms with Crippen molar-refractivity contribution >= 4 is 11.9 Å². The van der Waals surface area contributed by atoms with E-state index in [1.165, 1.54) is 0 Å². The number of rotatable bonds is 7. The topological polar surface area (TPSA) is 110 Å². The van der Waals surface area contributed by atoms with Gasteiger partial charge < -0.3 is 24.9 Å². The van der Waals surface area contributed by atoms with Crippen LogP contribution in [0.1, 0.15) is 184 Å². The van der Waals surface area contributed by atoms with Crippen LogP contribution in [0.3, 0.4) is 0 Å². The molecule has 3 atom stereocenters. The second-order valence-electron chi connectivity index (χ2n) is 21.2. The van der Waals surface area contributed by atoms with Gasteiger partial charge in [-0.1, -0.05) is 107 Å². The number of carbonyl (C=O) groups excluding carboxylic acids is 2. The summed E-state index contributed by atoms with van der Waals surface area (Å²) in [6.45, 7) is 38.4. The number of phenolic OH excluding ortho intramolecular Hbond substituents is 2. The Morgan fingerprint density at radius 1 is 0.692 bits per heavy atom. The number of carboxylic acid groups (broad SMARTS) is 1. The van der Waals surface area contributed by atoms with Gasteiger partial charge >= 0.3 is 5.97 Å². The molecule has 1 saturated heterocycles. The van der Waals surface area contributed by atoms with Crippen molar-refractivity contribution in [3.05, 3.63) is 57.6 Å². The molecule has 7 heteroatoms. The summed E-state index contributed by atoms with van der Waals surface area (Å²) >= 11 is 0. The van der Waals surface area contributed by atoms with Gasteiger partial charge in [-0.2, -0.15) is 0 Å². The Balaban J connectivity index is 2.04. The minimum absolute atomic E-state index is 0.210. The minimum Gasteiger partial charge on any atom is -0.549 e. The lowest BCUT2D eigenvalue weighted by molar-refractivity contribution is -0.316. The van der Waals surface area contributed by atoms with E-state index in [1.807, 2.05) is 79.7 Å². The Morgan fingerprint density at radius 2 is 1.02 bits per heavy atom. The van der Waals surface area contributed by atoms with Crippen LogP contribution in [0.2, 0.25) is 0 Å². The molecule has 2 aromatic rings. The average molecular weight is 721 g/mol. The number of benzene rings is 2. The van der Waals surface area contributed by atoms with Crippen molar-refractivity contribution in [1.29, 1.82) is 0 Å². The molecular formula is C45H70NO6-. The number of carbonyl (C=O) groups is 2. The van der Waals surface area contributed by atoms with Crippen LogP contribution in [0.5, 0.6) is 11.5 Å². The number of hydrogen-bond acceptors (Lipinski definition) is 7. The Morgan fingerprint density at radius 3 is 1.33 bits per heavy atom. The van der Waals surface area contributed by atoms with E-state index in [4.69, 9.17) is 4.74 Å². The maximum atomic E-state index is 14.0. The first-order valence-corrected chi connectivity index (χ1v) is 19.1. The molecule has 3 unspecified atom stereocenters. The van der Waals surface area contributed by atoms with E-state index < -0.39 is 45.4 Å².